The summed E-state index contributed by atoms with van der Waals surface area (Å²) >= 11 is 0. The van der Waals surface area contributed by atoms with Gasteiger partial charge in [-0.2, -0.15) is 0 Å². The van der Waals surface area contributed by atoms with E-state index in [9.17, 15) is 9.59 Å². The number of carbonyl (C=O) groups is 2. The summed E-state index contributed by atoms with van der Waals surface area (Å²) < 4.78 is 0. The maximum atomic E-state index is 11.8. The van der Waals surface area contributed by atoms with E-state index < -0.39 is 11.8 Å². The number of aromatic nitrogens is 2. The second-order valence-electron chi connectivity index (χ2n) is 8.64. The number of hydrogen-bond donors (Lipinski definition) is 3. The van der Waals surface area contributed by atoms with Crippen LogP contribution in [-0.2, 0) is 16.0 Å². The van der Waals surface area contributed by atoms with E-state index in [1.54, 1.807) is 12.5 Å². The van der Waals surface area contributed by atoms with Crippen LogP contribution in [0, 0.1) is 0 Å². The highest BCUT2D eigenvalue weighted by Crippen LogP contribution is 2.13. The van der Waals surface area contributed by atoms with Crippen LogP contribution >= 0.6 is 0 Å². The molecule has 0 aliphatic heterocycles. The highest BCUT2D eigenvalue weighted by atomic mass is 16.2. The van der Waals surface area contributed by atoms with Crippen molar-refractivity contribution in [1.82, 2.24) is 20.6 Å². The zero-order valence-corrected chi connectivity index (χ0v) is 19.9. The lowest BCUT2D eigenvalue weighted by Gasteiger charge is -2.06. The van der Waals surface area contributed by atoms with E-state index in [0.29, 0.717) is 19.5 Å². The number of H-pyrrole nitrogens is 1. The van der Waals surface area contributed by atoms with E-state index in [1.807, 2.05) is 0 Å². The minimum Gasteiger partial charge on any atom is -0.348 e. The lowest BCUT2D eigenvalue weighted by atomic mass is 10.0. The van der Waals surface area contributed by atoms with Crippen molar-refractivity contribution in [2.75, 3.05) is 13.1 Å². The summed E-state index contributed by atoms with van der Waals surface area (Å²) in [6.45, 7) is 3.27. The van der Waals surface area contributed by atoms with Crippen LogP contribution in [0.4, 0.5) is 0 Å². The van der Waals surface area contributed by atoms with Crippen LogP contribution in [0.25, 0.3) is 0 Å². The molecule has 178 valence electrons. The summed E-state index contributed by atoms with van der Waals surface area (Å²) in [4.78, 5) is 30.4. The van der Waals surface area contributed by atoms with Crippen molar-refractivity contribution in [3.63, 3.8) is 0 Å². The van der Waals surface area contributed by atoms with Crippen LogP contribution in [0.1, 0.15) is 115 Å². The normalized spacial score (nSPS) is 10.9. The average molecular weight is 435 g/mol. The SMILES string of the molecule is CCCCCCCCCCCCCCCCCCNC(=O)C(=O)NCCc1cnc[nH]1. The van der Waals surface area contributed by atoms with Gasteiger partial charge in [-0.3, -0.25) is 9.59 Å². The molecule has 0 fully saturated rings. The molecule has 0 radical (unpaired) electrons. The van der Waals surface area contributed by atoms with Crippen LogP contribution in [0.15, 0.2) is 12.5 Å². The number of rotatable bonds is 20. The van der Waals surface area contributed by atoms with Gasteiger partial charge in [0, 0.05) is 31.4 Å². The molecule has 0 saturated heterocycles. The standard InChI is InChI=1S/C25H46N4O2/c1-2-3-4-5-6-7-8-9-10-11-12-13-14-15-16-17-19-27-24(30)25(31)28-20-18-23-21-26-22-29-23/h21-22H,2-20H2,1H3,(H,26,29)(H,27,30)(H,28,31). The lowest BCUT2D eigenvalue weighted by Crippen LogP contribution is -2.41. The van der Waals surface area contributed by atoms with Crippen molar-refractivity contribution in [3.8, 4) is 0 Å². The molecule has 1 heterocycles. The molecule has 3 N–H and O–H groups in total. The Morgan fingerprint density at radius 1 is 0.710 bits per heavy atom. The van der Waals surface area contributed by atoms with Crippen molar-refractivity contribution in [1.29, 1.82) is 0 Å². The minimum absolute atomic E-state index is 0.424. The molecule has 0 aromatic carbocycles. The molecule has 31 heavy (non-hydrogen) atoms. The Hall–Kier alpha value is -1.85. The first-order valence-corrected chi connectivity index (χ1v) is 12.8. The first-order valence-electron chi connectivity index (χ1n) is 12.8. The molecule has 2 amide bonds. The van der Waals surface area contributed by atoms with Gasteiger partial charge < -0.3 is 15.6 Å². The van der Waals surface area contributed by atoms with E-state index in [4.69, 9.17) is 0 Å². The number of imidazole rings is 1. The van der Waals surface area contributed by atoms with E-state index in [2.05, 4.69) is 27.5 Å². The van der Waals surface area contributed by atoms with Gasteiger partial charge in [0.1, 0.15) is 0 Å². The Balaban J connectivity index is 1.77. The van der Waals surface area contributed by atoms with Crippen molar-refractivity contribution in [2.45, 2.75) is 116 Å². The molecule has 1 aromatic heterocycles. The Bertz CT molecular complexity index is 546. The summed E-state index contributed by atoms with van der Waals surface area (Å²) in [6, 6.07) is 0. The number of hydrogen-bond acceptors (Lipinski definition) is 3. The highest BCUT2D eigenvalue weighted by molar-refractivity contribution is 6.35. The quantitative estimate of drug-likeness (QED) is 0.188. The summed E-state index contributed by atoms with van der Waals surface area (Å²) in [5, 5.41) is 5.33. The number of amides is 2. The van der Waals surface area contributed by atoms with Gasteiger partial charge >= 0.3 is 11.8 Å². The van der Waals surface area contributed by atoms with E-state index >= 15 is 0 Å². The van der Waals surface area contributed by atoms with Crippen molar-refractivity contribution < 1.29 is 9.59 Å². The van der Waals surface area contributed by atoms with Crippen LogP contribution in [0.2, 0.25) is 0 Å². The van der Waals surface area contributed by atoms with Crippen LogP contribution in [-0.4, -0.2) is 34.9 Å². The Labute approximate surface area is 189 Å². The number of carbonyl (C=O) groups excluding carboxylic acids is 2. The van der Waals surface area contributed by atoms with Crippen LogP contribution in [0.3, 0.4) is 0 Å². The lowest BCUT2D eigenvalue weighted by molar-refractivity contribution is -0.139. The molecule has 1 rings (SSSR count). The van der Waals surface area contributed by atoms with Crippen molar-refractivity contribution in [2.24, 2.45) is 0 Å². The first kappa shape index (κ1) is 27.2. The minimum atomic E-state index is -0.559. The molecule has 1 aromatic rings. The molecule has 0 spiro atoms. The molecular formula is C25H46N4O2. The fourth-order valence-corrected chi connectivity index (χ4v) is 3.77. The zero-order valence-electron chi connectivity index (χ0n) is 19.9. The monoisotopic (exact) mass is 434 g/mol. The van der Waals surface area contributed by atoms with E-state index in [0.717, 1.165) is 18.5 Å². The maximum Gasteiger partial charge on any atom is 0.309 e. The third-order valence-electron chi connectivity index (χ3n) is 5.76. The van der Waals surface area contributed by atoms with E-state index in [1.165, 1.54) is 89.9 Å². The average Bonchev–Trinajstić information content (AvgIpc) is 3.29. The van der Waals surface area contributed by atoms with Crippen molar-refractivity contribution >= 4 is 11.8 Å². The Morgan fingerprint density at radius 2 is 1.16 bits per heavy atom. The largest absolute Gasteiger partial charge is 0.348 e. The van der Waals surface area contributed by atoms with Gasteiger partial charge in [0.2, 0.25) is 0 Å². The third-order valence-corrected chi connectivity index (χ3v) is 5.76. The number of aromatic amines is 1. The van der Waals surface area contributed by atoms with Crippen molar-refractivity contribution in [3.05, 3.63) is 18.2 Å². The number of unbranched alkanes of at least 4 members (excludes halogenated alkanes) is 15. The van der Waals surface area contributed by atoms with Gasteiger partial charge in [0.25, 0.3) is 0 Å². The van der Waals surface area contributed by atoms with Crippen LogP contribution < -0.4 is 10.6 Å². The molecule has 0 saturated carbocycles. The third kappa shape index (κ3) is 16.5. The zero-order chi connectivity index (χ0) is 22.4. The predicted octanol–water partition coefficient (Wildman–Crippen LogP) is 5.45. The summed E-state index contributed by atoms with van der Waals surface area (Å²) in [5.74, 6) is -1.10. The molecule has 0 atom stereocenters. The highest BCUT2D eigenvalue weighted by Gasteiger charge is 2.11. The molecule has 0 bridgehead atoms. The maximum absolute atomic E-state index is 11.8. The topological polar surface area (TPSA) is 86.9 Å². The first-order chi connectivity index (χ1) is 15.2. The van der Waals surface area contributed by atoms with Gasteiger partial charge in [-0.1, -0.05) is 103 Å². The number of nitrogens with one attached hydrogen (secondary N) is 3. The van der Waals surface area contributed by atoms with E-state index in [-0.39, 0.29) is 0 Å². The second kappa shape index (κ2) is 20.1. The summed E-state index contributed by atoms with van der Waals surface area (Å²) in [6.07, 6.45) is 25.2. The Kier molecular flexibility index (Phi) is 17.6. The smallest absolute Gasteiger partial charge is 0.309 e. The molecular weight excluding hydrogens is 388 g/mol. The number of nitrogens with zero attached hydrogens (tertiary/aromatic N) is 1. The molecule has 0 aliphatic rings. The van der Waals surface area contributed by atoms with Gasteiger partial charge in [-0.25, -0.2) is 4.98 Å². The molecule has 6 heteroatoms. The molecule has 0 unspecified atom stereocenters. The predicted molar refractivity (Wildman–Crippen MR) is 128 cm³/mol. The fraction of sp³-hybridized carbons (Fsp3) is 0.800. The van der Waals surface area contributed by atoms with Gasteiger partial charge in [-0.05, 0) is 6.42 Å². The molecule has 0 aliphatic carbocycles. The fourth-order valence-electron chi connectivity index (χ4n) is 3.77. The van der Waals surface area contributed by atoms with Gasteiger partial charge in [0.15, 0.2) is 0 Å². The molecule has 6 nitrogen and oxygen atoms in total. The summed E-state index contributed by atoms with van der Waals surface area (Å²) in [7, 11) is 0. The summed E-state index contributed by atoms with van der Waals surface area (Å²) in [5.41, 5.74) is 0.939. The Morgan fingerprint density at radius 3 is 1.61 bits per heavy atom. The van der Waals surface area contributed by atoms with Gasteiger partial charge in [0.05, 0.1) is 6.33 Å². The van der Waals surface area contributed by atoms with Crippen LogP contribution in [0.5, 0.6) is 0 Å². The van der Waals surface area contributed by atoms with Gasteiger partial charge in [-0.15, -0.1) is 0 Å². The second-order valence-corrected chi connectivity index (χ2v) is 8.64.